The molecule has 0 radical (unpaired) electrons. The Labute approximate surface area is 103 Å². The van der Waals surface area contributed by atoms with Crippen LogP contribution in [0.1, 0.15) is 17.3 Å². The normalized spacial score (nSPS) is 12.9. The molecule has 0 saturated heterocycles. The number of nitro groups is 1. The average Bonchev–Trinajstić information content (AvgIpc) is 2.27. The quantitative estimate of drug-likeness (QED) is 0.349. The van der Waals surface area contributed by atoms with Crippen LogP contribution in [-0.4, -0.2) is 40.0 Å². The maximum Gasteiger partial charge on any atom is 0.304 e. The number of carbonyl (C=O) groups is 1. The zero-order chi connectivity index (χ0) is 13.7. The van der Waals surface area contributed by atoms with Gasteiger partial charge < -0.3 is 5.11 Å². The Hall–Kier alpha value is -2.28. The maximum absolute atomic E-state index is 11.7. The van der Waals surface area contributed by atoms with Crippen LogP contribution in [0.5, 0.6) is 0 Å². The van der Waals surface area contributed by atoms with Gasteiger partial charge in [-0.15, -0.1) is 10.1 Å². The Kier molecular flexibility index (Phi) is 4.50. The monoisotopic (exact) mass is 252 g/mol. The number of nitrogens with zero attached hydrogens (tertiary/aromatic N) is 2. The Bertz CT molecular complexity index is 480. The lowest BCUT2D eigenvalue weighted by Gasteiger charge is -2.01. The number of non-ortho nitro benzene ring substituents is 1. The SMILES string of the molecule is CC(O)/C=[N+](\C)NC(=O)c1ccc([N+](=O)[O-])cc1. The summed E-state index contributed by atoms with van der Waals surface area (Å²) >= 11 is 0. The summed E-state index contributed by atoms with van der Waals surface area (Å²) in [5.74, 6) is -0.413. The second kappa shape index (κ2) is 5.87. The Balaban J connectivity index is 2.76. The van der Waals surface area contributed by atoms with E-state index in [0.29, 0.717) is 5.56 Å². The maximum atomic E-state index is 11.7. The van der Waals surface area contributed by atoms with Gasteiger partial charge in [0.2, 0.25) is 0 Å². The van der Waals surface area contributed by atoms with Crippen molar-refractivity contribution in [3.8, 4) is 0 Å². The van der Waals surface area contributed by atoms with Crippen LogP contribution in [0.3, 0.4) is 0 Å². The number of hydrazine groups is 1. The zero-order valence-corrected chi connectivity index (χ0v) is 10.0. The van der Waals surface area contributed by atoms with E-state index in [1.807, 2.05) is 0 Å². The molecule has 96 valence electrons. The summed E-state index contributed by atoms with van der Waals surface area (Å²) in [5.41, 5.74) is 2.71. The number of hydrazone groups is 1. The average molecular weight is 252 g/mol. The molecule has 0 aromatic heterocycles. The van der Waals surface area contributed by atoms with E-state index < -0.39 is 16.9 Å². The van der Waals surface area contributed by atoms with E-state index in [1.165, 1.54) is 35.2 Å². The summed E-state index contributed by atoms with van der Waals surface area (Å²) in [5, 5.41) is 19.5. The molecule has 7 nitrogen and oxygen atoms in total. The molecule has 0 aliphatic heterocycles. The van der Waals surface area contributed by atoms with Crippen molar-refractivity contribution >= 4 is 17.8 Å². The third-order valence-electron chi connectivity index (χ3n) is 2.06. The first-order valence-corrected chi connectivity index (χ1v) is 5.21. The molecular weight excluding hydrogens is 238 g/mol. The van der Waals surface area contributed by atoms with E-state index in [9.17, 15) is 14.9 Å². The van der Waals surface area contributed by atoms with Crippen LogP contribution >= 0.6 is 0 Å². The molecule has 1 rings (SSSR count). The summed E-state index contributed by atoms with van der Waals surface area (Å²) < 4.78 is 1.33. The molecule has 2 N–H and O–H groups in total. The number of nitrogens with one attached hydrogen (secondary N) is 1. The van der Waals surface area contributed by atoms with E-state index in [1.54, 1.807) is 14.0 Å². The number of carbonyl (C=O) groups excluding carboxylic acids is 1. The van der Waals surface area contributed by atoms with Gasteiger partial charge in [-0.1, -0.05) is 0 Å². The van der Waals surface area contributed by atoms with E-state index >= 15 is 0 Å². The minimum Gasteiger partial charge on any atom is -0.383 e. The molecule has 0 heterocycles. The molecular formula is C11H14N3O4+. The second-order valence-corrected chi connectivity index (χ2v) is 3.75. The minimum absolute atomic E-state index is 0.0737. The molecule has 0 aliphatic carbocycles. The summed E-state index contributed by atoms with van der Waals surface area (Å²) in [4.78, 5) is 21.6. The van der Waals surface area contributed by atoms with Crippen molar-refractivity contribution < 1.29 is 19.5 Å². The van der Waals surface area contributed by atoms with E-state index in [0.717, 1.165) is 0 Å². The molecule has 1 aromatic carbocycles. The molecule has 18 heavy (non-hydrogen) atoms. The highest BCUT2D eigenvalue weighted by atomic mass is 16.6. The predicted molar refractivity (Wildman–Crippen MR) is 64.5 cm³/mol. The van der Waals surface area contributed by atoms with Gasteiger partial charge in [0.05, 0.1) is 4.92 Å². The van der Waals surface area contributed by atoms with E-state index in [2.05, 4.69) is 5.43 Å². The molecule has 0 fully saturated rings. The Morgan fingerprint density at radius 3 is 2.44 bits per heavy atom. The lowest BCUT2D eigenvalue weighted by Crippen LogP contribution is -2.34. The first kappa shape index (κ1) is 13.8. The first-order valence-electron chi connectivity index (χ1n) is 5.21. The summed E-state index contributed by atoms with van der Waals surface area (Å²) in [6, 6.07) is 5.24. The molecule has 0 spiro atoms. The Morgan fingerprint density at radius 1 is 1.44 bits per heavy atom. The van der Waals surface area contributed by atoms with Gasteiger partial charge in [-0.2, -0.15) is 0 Å². The lowest BCUT2D eigenvalue weighted by atomic mass is 10.2. The molecule has 0 bridgehead atoms. The highest BCUT2D eigenvalue weighted by Crippen LogP contribution is 2.11. The van der Waals surface area contributed by atoms with Crippen molar-refractivity contribution in [3.05, 3.63) is 39.9 Å². The summed E-state index contributed by atoms with van der Waals surface area (Å²) in [6.07, 6.45) is 0.718. The van der Waals surface area contributed by atoms with Crippen LogP contribution in [0, 0.1) is 10.1 Å². The van der Waals surface area contributed by atoms with Gasteiger partial charge >= 0.3 is 5.91 Å². The van der Waals surface area contributed by atoms with Gasteiger partial charge in [0.25, 0.3) is 5.69 Å². The Morgan fingerprint density at radius 2 is 2.00 bits per heavy atom. The van der Waals surface area contributed by atoms with Crippen LogP contribution < -0.4 is 5.43 Å². The van der Waals surface area contributed by atoms with Crippen molar-refractivity contribution in [2.45, 2.75) is 13.0 Å². The smallest absolute Gasteiger partial charge is 0.304 e. The van der Waals surface area contributed by atoms with Crippen LogP contribution in [-0.2, 0) is 0 Å². The van der Waals surface area contributed by atoms with Crippen molar-refractivity contribution in [2.75, 3.05) is 7.05 Å². The van der Waals surface area contributed by atoms with Crippen molar-refractivity contribution in [3.63, 3.8) is 0 Å². The first-order chi connectivity index (χ1) is 8.40. The third kappa shape index (κ3) is 3.95. The lowest BCUT2D eigenvalue weighted by molar-refractivity contribution is -0.541. The van der Waals surface area contributed by atoms with Crippen LogP contribution in [0.15, 0.2) is 24.3 Å². The highest BCUT2D eigenvalue weighted by molar-refractivity contribution is 5.93. The third-order valence-corrected chi connectivity index (χ3v) is 2.06. The predicted octanol–water partition coefficient (Wildman–Crippen LogP) is 0.333. The highest BCUT2D eigenvalue weighted by Gasteiger charge is 2.12. The van der Waals surface area contributed by atoms with Crippen molar-refractivity contribution in [1.82, 2.24) is 5.43 Å². The number of aliphatic hydroxyl groups is 1. The zero-order valence-electron chi connectivity index (χ0n) is 10.0. The van der Waals surface area contributed by atoms with Crippen LogP contribution in [0.25, 0.3) is 0 Å². The van der Waals surface area contributed by atoms with Gasteiger partial charge in [0.15, 0.2) is 13.3 Å². The molecule has 1 amide bonds. The van der Waals surface area contributed by atoms with Crippen LogP contribution in [0.2, 0.25) is 0 Å². The van der Waals surface area contributed by atoms with Crippen LogP contribution in [0.4, 0.5) is 5.69 Å². The van der Waals surface area contributed by atoms with Gasteiger partial charge in [0.1, 0.15) is 6.10 Å². The topological polar surface area (TPSA) is 95.5 Å². The van der Waals surface area contributed by atoms with Gasteiger partial charge in [0, 0.05) is 17.7 Å². The number of amides is 1. The van der Waals surface area contributed by atoms with Gasteiger partial charge in [-0.05, 0) is 19.1 Å². The fourth-order valence-corrected chi connectivity index (χ4v) is 1.32. The minimum atomic E-state index is -0.688. The van der Waals surface area contributed by atoms with E-state index in [-0.39, 0.29) is 5.69 Å². The van der Waals surface area contributed by atoms with Gasteiger partial charge in [-0.25, -0.2) is 0 Å². The largest absolute Gasteiger partial charge is 0.383 e. The molecule has 1 atom stereocenters. The number of nitro benzene ring substituents is 1. The van der Waals surface area contributed by atoms with Gasteiger partial charge in [-0.3, -0.25) is 14.9 Å². The molecule has 1 unspecified atom stereocenters. The van der Waals surface area contributed by atoms with E-state index in [4.69, 9.17) is 5.11 Å². The summed E-state index contributed by atoms with van der Waals surface area (Å²) in [6.45, 7) is 1.55. The number of hydrogen-bond acceptors (Lipinski definition) is 4. The number of rotatable bonds is 4. The second-order valence-electron chi connectivity index (χ2n) is 3.75. The fraction of sp³-hybridized carbons (Fsp3) is 0.273. The standard InChI is InChI=1S/C11H13N3O4/c1-8(15)7-13(2)12-11(16)9-3-5-10(6-4-9)14(17)18/h3-8,15H,1-2H3/p+1/b13-7+. The molecule has 1 aromatic rings. The molecule has 7 heteroatoms. The van der Waals surface area contributed by atoms with Crippen molar-refractivity contribution in [2.24, 2.45) is 0 Å². The number of aliphatic hydroxyl groups excluding tert-OH is 1. The summed E-state index contributed by atoms with van der Waals surface area (Å²) in [7, 11) is 1.57. The fourth-order valence-electron chi connectivity index (χ4n) is 1.32. The molecule has 0 saturated carbocycles. The number of benzene rings is 1. The molecule has 0 aliphatic rings. The number of hydrogen-bond donors (Lipinski definition) is 2. The van der Waals surface area contributed by atoms with Crippen molar-refractivity contribution in [1.29, 1.82) is 0 Å².